The molecule has 6 nitrogen and oxygen atoms in total. The molecule has 3 atom stereocenters. The summed E-state index contributed by atoms with van der Waals surface area (Å²) in [7, 11) is 5.21. The highest BCUT2D eigenvalue weighted by molar-refractivity contribution is 5.90. The largest absolute Gasteiger partial charge is 0.493 e. The lowest BCUT2D eigenvalue weighted by Crippen LogP contribution is -2.46. The van der Waals surface area contributed by atoms with Gasteiger partial charge in [-0.2, -0.15) is 0 Å². The van der Waals surface area contributed by atoms with Crippen molar-refractivity contribution in [2.75, 3.05) is 19.1 Å². The summed E-state index contributed by atoms with van der Waals surface area (Å²) in [5, 5.41) is 1.27. The quantitative estimate of drug-likeness (QED) is 0.567. The molecule has 2 bridgehead atoms. The van der Waals surface area contributed by atoms with Crippen molar-refractivity contribution in [1.82, 2.24) is 4.57 Å². The van der Waals surface area contributed by atoms with E-state index in [9.17, 15) is 4.79 Å². The number of anilines is 1. The molecule has 2 aliphatic heterocycles. The smallest absolute Gasteiger partial charge is 0.338 e. The van der Waals surface area contributed by atoms with Gasteiger partial charge in [0.2, 0.25) is 0 Å². The molecule has 6 heteroatoms. The van der Waals surface area contributed by atoms with Crippen LogP contribution < -0.4 is 14.4 Å². The van der Waals surface area contributed by atoms with Crippen LogP contribution >= 0.6 is 0 Å². The Hall–Kier alpha value is -3.15. The maximum absolute atomic E-state index is 12.8. The van der Waals surface area contributed by atoms with E-state index < -0.39 is 0 Å². The molecule has 2 unspecified atom stereocenters. The van der Waals surface area contributed by atoms with Crippen molar-refractivity contribution in [1.29, 1.82) is 0 Å². The summed E-state index contributed by atoms with van der Waals surface area (Å²) in [6.45, 7) is 0. The van der Waals surface area contributed by atoms with Gasteiger partial charge in [-0.15, -0.1) is 0 Å². The first-order valence-electron chi connectivity index (χ1n) is 10.8. The topological polar surface area (TPSA) is 52.9 Å². The maximum Gasteiger partial charge on any atom is 0.338 e. The second kappa shape index (κ2) is 7.84. The highest BCUT2D eigenvalue weighted by atomic mass is 16.5. The van der Waals surface area contributed by atoms with Crippen molar-refractivity contribution in [3.63, 3.8) is 0 Å². The zero-order chi connectivity index (χ0) is 21.5. The van der Waals surface area contributed by atoms with Crippen molar-refractivity contribution >= 4 is 22.6 Å². The number of aryl methyl sites for hydroxylation is 1. The molecular weight excluding hydrogens is 392 g/mol. The molecule has 2 fully saturated rings. The molecule has 0 aliphatic carbocycles. The molecule has 2 aliphatic rings. The van der Waals surface area contributed by atoms with Gasteiger partial charge in [0.05, 0.1) is 19.8 Å². The Bertz CT molecular complexity index is 1110. The standard InChI is InChI=1S/C25H28N2O4/c1-26-11-10-16-12-18(7-8-22(16)26)27-19-5-6-20(27)15-21(14-19)31-25(28)17-4-9-23(29-2)24(13-17)30-3/h4,7-13,19-21H,5-6,14-15H2,1-3H3/t19-,20?,21?/m1/s1. The van der Waals surface area contributed by atoms with Gasteiger partial charge in [0, 0.05) is 54.8 Å². The van der Waals surface area contributed by atoms with Crippen molar-refractivity contribution < 1.29 is 19.0 Å². The summed E-state index contributed by atoms with van der Waals surface area (Å²) >= 11 is 0. The first kappa shape index (κ1) is 19.8. The van der Waals surface area contributed by atoms with Crippen LogP contribution in [0.5, 0.6) is 11.5 Å². The maximum atomic E-state index is 12.8. The fourth-order valence-electron chi connectivity index (χ4n) is 5.26. The van der Waals surface area contributed by atoms with Gasteiger partial charge in [-0.1, -0.05) is 0 Å². The van der Waals surface area contributed by atoms with E-state index in [1.165, 1.54) is 16.6 Å². The minimum atomic E-state index is -0.301. The summed E-state index contributed by atoms with van der Waals surface area (Å²) in [6, 6.07) is 14.8. The van der Waals surface area contributed by atoms with Crippen LogP contribution in [0.15, 0.2) is 48.7 Å². The fraction of sp³-hybridized carbons (Fsp3) is 0.400. The third kappa shape index (κ3) is 3.50. The Morgan fingerprint density at radius 2 is 1.68 bits per heavy atom. The average Bonchev–Trinajstić information content (AvgIpc) is 3.29. The average molecular weight is 421 g/mol. The van der Waals surface area contributed by atoms with Crippen molar-refractivity contribution in [3.8, 4) is 11.5 Å². The SMILES string of the molecule is COc1ccc(C(=O)OC2CC3CC[C@H](C2)N3c2ccc3c(ccn3C)c2)cc1OC. The van der Waals surface area contributed by atoms with Crippen molar-refractivity contribution in [2.45, 2.75) is 43.9 Å². The molecule has 0 radical (unpaired) electrons. The van der Waals surface area contributed by atoms with E-state index in [0.29, 0.717) is 29.1 Å². The van der Waals surface area contributed by atoms with Crippen molar-refractivity contribution in [3.05, 3.63) is 54.2 Å². The zero-order valence-corrected chi connectivity index (χ0v) is 18.2. The number of hydrogen-bond acceptors (Lipinski definition) is 5. The number of methoxy groups -OCH3 is 2. The lowest BCUT2D eigenvalue weighted by atomic mass is 9.98. The summed E-state index contributed by atoms with van der Waals surface area (Å²) in [6.07, 6.45) is 6.05. The Morgan fingerprint density at radius 1 is 0.935 bits per heavy atom. The highest BCUT2D eigenvalue weighted by Crippen LogP contribution is 2.41. The normalized spacial score (nSPS) is 22.5. The van der Waals surface area contributed by atoms with Crippen LogP contribution in [0.4, 0.5) is 5.69 Å². The van der Waals surface area contributed by atoms with Gasteiger partial charge in [-0.05, 0) is 55.3 Å². The lowest BCUT2D eigenvalue weighted by Gasteiger charge is -2.40. The Balaban J connectivity index is 1.30. The molecule has 3 heterocycles. The van der Waals surface area contributed by atoms with E-state index in [0.717, 1.165) is 25.7 Å². The molecule has 0 saturated carbocycles. The molecule has 0 amide bonds. The van der Waals surface area contributed by atoms with E-state index in [-0.39, 0.29) is 12.1 Å². The van der Waals surface area contributed by atoms with Gasteiger partial charge in [-0.25, -0.2) is 4.79 Å². The molecule has 1 aromatic heterocycles. The van der Waals surface area contributed by atoms with Gasteiger partial charge in [0.1, 0.15) is 6.10 Å². The number of nitrogens with zero attached hydrogens (tertiary/aromatic N) is 2. The van der Waals surface area contributed by atoms with Crippen LogP contribution in [0.2, 0.25) is 0 Å². The monoisotopic (exact) mass is 420 g/mol. The van der Waals surface area contributed by atoms with Gasteiger partial charge >= 0.3 is 5.97 Å². The summed E-state index contributed by atoms with van der Waals surface area (Å²) in [4.78, 5) is 15.3. The number of piperidine rings is 1. The third-order valence-corrected chi connectivity index (χ3v) is 6.75. The van der Waals surface area contributed by atoms with E-state index >= 15 is 0 Å². The molecule has 2 aromatic carbocycles. The van der Waals surface area contributed by atoms with E-state index in [1.54, 1.807) is 32.4 Å². The van der Waals surface area contributed by atoms with Gasteiger partial charge in [-0.3, -0.25) is 0 Å². The second-order valence-electron chi connectivity index (χ2n) is 8.53. The number of rotatable bonds is 5. The minimum Gasteiger partial charge on any atom is -0.493 e. The first-order chi connectivity index (χ1) is 15.1. The molecule has 31 heavy (non-hydrogen) atoms. The van der Waals surface area contributed by atoms with Crippen LogP contribution in [0.3, 0.4) is 0 Å². The van der Waals surface area contributed by atoms with Gasteiger partial charge in [0.25, 0.3) is 0 Å². The number of benzene rings is 2. The lowest BCUT2D eigenvalue weighted by molar-refractivity contribution is 0.0204. The Morgan fingerprint density at radius 3 is 2.39 bits per heavy atom. The van der Waals surface area contributed by atoms with E-state index in [4.69, 9.17) is 14.2 Å². The second-order valence-corrected chi connectivity index (χ2v) is 8.53. The van der Waals surface area contributed by atoms with Crippen molar-refractivity contribution in [2.24, 2.45) is 7.05 Å². The molecular formula is C25H28N2O4. The molecule has 2 saturated heterocycles. The van der Waals surface area contributed by atoms with Crippen LogP contribution in [-0.4, -0.2) is 42.9 Å². The van der Waals surface area contributed by atoms with E-state index in [1.807, 2.05) is 0 Å². The molecule has 0 spiro atoms. The molecule has 5 rings (SSSR count). The van der Waals surface area contributed by atoms with Crippen LogP contribution in [0.25, 0.3) is 10.9 Å². The Kier molecular flexibility index (Phi) is 5.00. The number of hydrogen-bond donors (Lipinski definition) is 0. The van der Waals surface area contributed by atoms with Gasteiger partial charge in [0.15, 0.2) is 11.5 Å². The number of carbonyl (C=O) groups is 1. The number of esters is 1. The van der Waals surface area contributed by atoms with Crippen LogP contribution in [0, 0.1) is 0 Å². The number of aromatic nitrogens is 1. The predicted octanol–water partition coefficient (Wildman–Crippen LogP) is 4.55. The summed E-state index contributed by atoms with van der Waals surface area (Å²) in [5.74, 6) is 0.827. The molecule has 3 aromatic rings. The molecule has 162 valence electrons. The van der Waals surface area contributed by atoms with E-state index in [2.05, 4.69) is 47.0 Å². The summed E-state index contributed by atoms with van der Waals surface area (Å²) in [5.41, 5.74) is 3.01. The fourth-order valence-corrected chi connectivity index (χ4v) is 5.26. The van der Waals surface area contributed by atoms with Crippen LogP contribution in [-0.2, 0) is 11.8 Å². The summed E-state index contributed by atoms with van der Waals surface area (Å²) < 4.78 is 18.6. The first-order valence-corrected chi connectivity index (χ1v) is 10.8. The molecule has 0 N–H and O–H groups in total. The predicted molar refractivity (Wildman–Crippen MR) is 120 cm³/mol. The van der Waals surface area contributed by atoms with Crippen LogP contribution in [0.1, 0.15) is 36.0 Å². The number of carbonyl (C=O) groups excluding carboxylic acids is 1. The third-order valence-electron chi connectivity index (χ3n) is 6.75. The van der Waals surface area contributed by atoms with Gasteiger partial charge < -0.3 is 23.7 Å². The minimum absolute atomic E-state index is 0.0604. The Labute approximate surface area is 182 Å². The zero-order valence-electron chi connectivity index (χ0n) is 18.2. The number of fused-ring (bicyclic) bond motifs is 3. The number of ether oxygens (including phenoxy) is 3. The highest BCUT2D eigenvalue weighted by Gasteiger charge is 2.42.